The summed E-state index contributed by atoms with van der Waals surface area (Å²) in [6.45, 7) is 2.80. The van der Waals surface area contributed by atoms with Crippen molar-refractivity contribution >= 4 is 5.91 Å². The molecular weight excluding hydrogens is 341 g/mol. The summed E-state index contributed by atoms with van der Waals surface area (Å²) in [5.41, 5.74) is -1.68. The number of rotatable bonds is 6. The van der Waals surface area contributed by atoms with Crippen molar-refractivity contribution in [2.45, 2.75) is 32.2 Å². The van der Waals surface area contributed by atoms with Crippen LogP contribution in [0, 0.1) is 0 Å². The normalized spacial score (nSPS) is 12.1. The van der Waals surface area contributed by atoms with Gasteiger partial charge in [-0.25, -0.2) is 0 Å². The van der Waals surface area contributed by atoms with E-state index in [1.165, 1.54) is 18.2 Å². The topological polar surface area (TPSA) is 84.6 Å². The Morgan fingerprint density at radius 3 is 2.68 bits per heavy atom. The average Bonchev–Trinajstić information content (AvgIpc) is 3.01. The number of nitrogens with zero attached hydrogens (tertiary/aromatic N) is 1. The molecule has 1 aromatic heterocycles. The molecule has 0 aliphatic rings. The molecule has 0 aliphatic heterocycles. The standard InChI is InChI=1S/C16H17F3N2O4/c1-15(2,9-22)20-14(23)13-7-12(25-21-13)8-24-11-5-3-4-10(6-11)16(17,18)19/h3-7,22H,8-9H2,1-2H3,(H,20,23). The van der Waals surface area contributed by atoms with Gasteiger partial charge in [0.05, 0.1) is 17.7 Å². The Bertz CT molecular complexity index is 741. The van der Waals surface area contributed by atoms with Crippen LogP contribution in [0.1, 0.15) is 35.7 Å². The molecule has 1 heterocycles. The quantitative estimate of drug-likeness (QED) is 0.830. The minimum absolute atomic E-state index is 0.0126. The van der Waals surface area contributed by atoms with Crippen molar-refractivity contribution in [3.05, 3.63) is 47.3 Å². The third-order valence-electron chi connectivity index (χ3n) is 3.18. The summed E-state index contributed by atoms with van der Waals surface area (Å²) in [5.74, 6) is -0.365. The summed E-state index contributed by atoms with van der Waals surface area (Å²) >= 11 is 0. The van der Waals surface area contributed by atoms with E-state index in [-0.39, 0.29) is 30.4 Å². The van der Waals surface area contributed by atoms with E-state index in [2.05, 4.69) is 10.5 Å². The number of carbonyl (C=O) groups excluding carboxylic acids is 1. The SMILES string of the molecule is CC(C)(CO)NC(=O)c1cc(COc2cccc(C(F)(F)F)c2)on1. The predicted molar refractivity (Wildman–Crippen MR) is 80.9 cm³/mol. The van der Waals surface area contributed by atoms with Crippen LogP contribution in [0.3, 0.4) is 0 Å². The van der Waals surface area contributed by atoms with Crippen molar-refractivity contribution in [2.24, 2.45) is 0 Å². The molecule has 0 saturated heterocycles. The second-order valence-electron chi connectivity index (χ2n) is 5.99. The van der Waals surface area contributed by atoms with Gasteiger partial charge < -0.3 is 19.7 Å². The number of aromatic nitrogens is 1. The molecule has 2 N–H and O–H groups in total. The molecule has 0 bridgehead atoms. The number of hydrogen-bond acceptors (Lipinski definition) is 5. The van der Waals surface area contributed by atoms with Gasteiger partial charge in [-0.15, -0.1) is 0 Å². The first-order valence-corrected chi connectivity index (χ1v) is 7.30. The Hall–Kier alpha value is -2.55. The van der Waals surface area contributed by atoms with E-state index in [0.29, 0.717) is 0 Å². The molecule has 136 valence electrons. The molecule has 2 aromatic rings. The maximum absolute atomic E-state index is 12.6. The van der Waals surface area contributed by atoms with Gasteiger partial charge in [0.25, 0.3) is 5.91 Å². The smallest absolute Gasteiger partial charge is 0.416 e. The lowest BCUT2D eigenvalue weighted by atomic mass is 10.1. The molecule has 1 aromatic carbocycles. The molecular formula is C16H17F3N2O4. The van der Waals surface area contributed by atoms with Crippen LogP contribution in [0.5, 0.6) is 5.75 Å². The van der Waals surface area contributed by atoms with Gasteiger partial charge in [0.15, 0.2) is 11.5 Å². The average molecular weight is 358 g/mol. The van der Waals surface area contributed by atoms with E-state index >= 15 is 0 Å². The Morgan fingerprint density at radius 1 is 1.32 bits per heavy atom. The lowest BCUT2D eigenvalue weighted by Crippen LogP contribution is -2.46. The molecule has 9 heteroatoms. The minimum Gasteiger partial charge on any atom is -0.486 e. The zero-order valence-corrected chi connectivity index (χ0v) is 13.6. The van der Waals surface area contributed by atoms with Crippen molar-refractivity contribution in [1.29, 1.82) is 0 Å². The summed E-state index contributed by atoms with van der Waals surface area (Å²) < 4.78 is 48.1. The summed E-state index contributed by atoms with van der Waals surface area (Å²) in [6, 6.07) is 5.73. The highest BCUT2D eigenvalue weighted by atomic mass is 19.4. The van der Waals surface area contributed by atoms with Crippen LogP contribution in [0.15, 0.2) is 34.9 Å². The van der Waals surface area contributed by atoms with E-state index in [1.54, 1.807) is 13.8 Å². The predicted octanol–water partition coefficient (Wildman–Crippen LogP) is 2.77. The summed E-state index contributed by atoms with van der Waals surface area (Å²) in [4.78, 5) is 12.0. The van der Waals surface area contributed by atoms with Crippen molar-refractivity contribution in [3.63, 3.8) is 0 Å². The number of aliphatic hydroxyl groups excluding tert-OH is 1. The van der Waals surface area contributed by atoms with E-state index in [9.17, 15) is 18.0 Å². The number of ether oxygens (including phenoxy) is 1. The van der Waals surface area contributed by atoms with E-state index in [1.807, 2.05) is 0 Å². The zero-order chi connectivity index (χ0) is 18.7. The minimum atomic E-state index is -4.46. The van der Waals surface area contributed by atoms with Crippen LogP contribution in [0.4, 0.5) is 13.2 Å². The van der Waals surface area contributed by atoms with Crippen LogP contribution in [0.2, 0.25) is 0 Å². The number of alkyl halides is 3. The van der Waals surface area contributed by atoms with Crippen molar-refractivity contribution in [1.82, 2.24) is 10.5 Å². The van der Waals surface area contributed by atoms with Crippen molar-refractivity contribution in [2.75, 3.05) is 6.61 Å². The van der Waals surface area contributed by atoms with Crippen LogP contribution in [-0.2, 0) is 12.8 Å². The molecule has 0 fully saturated rings. The number of carbonyl (C=O) groups is 1. The molecule has 0 saturated carbocycles. The maximum Gasteiger partial charge on any atom is 0.416 e. The summed E-state index contributed by atoms with van der Waals surface area (Å²) in [5, 5.41) is 15.3. The molecule has 1 amide bonds. The summed E-state index contributed by atoms with van der Waals surface area (Å²) in [6.07, 6.45) is -4.46. The third kappa shape index (κ3) is 5.21. The molecule has 25 heavy (non-hydrogen) atoms. The van der Waals surface area contributed by atoms with Crippen LogP contribution in [-0.4, -0.2) is 28.3 Å². The monoisotopic (exact) mass is 358 g/mol. The second kappa shape index (κ2) is 7.14. The molecule has 0 spiro atoms. The number of benzene rings is 1. The van der Waals surface area contributed by atoms with E-state index < -0.39 is 23.2 Å². The van der Waals surface area contributed by atoms with Crippen LogP contribution < -0.4 is 10.1 Å². The van der Waals surface area contributed by atoms with Gasteiger partial charge in [-0.2, -0.15) is 13.2 Å². The largest absolute Gasteiger partial charge is 0.486 e. The Kier molecular flexibility index (Phi) is 5.36. The maximum atomic E-state index is 12.6. The molecule has 0 radical (unpaired) electrons. The first-order chi connectivity index (χ1) is 11.6. The highest BCUT2D eigenvalue weighted by Crippen LogP contribution is 2.31. The van der Waals surface area contributed by atoms with Crippen LogP contribution >= 0.6 is 0 Å². The molecule has 0 atom stereocenters. The summed E-state index contributed by atoms with van der Waals surface area (Å²) in [7, 11) is 0. The van der Waals surface area contributed by atoms with Gasteiger partial charge in [0.1, 0.15) is 12.4 Å². The van der Waals surface area contributed by atoms with Gasteiger partial charge in [-0.05, 0) is 32.0 Å². The van der Waals surface area contributed by atoms with E-state index in [4.69, 9.17) is 14.4 Å². The number of hydrogen-bond donors (Lipinski definition) is 2. The zero-order valence-electron chi connectivity index (χ0n) is 13.6. The lowest BCUT2D eigenvalue weighted by Gasteiger charge is -2.22. The van der Waals surface area contributed by atoms with Crippen molar-refractivity contribution in [3.8, 4) is 5.75 Å². The Morgan fingerprint density at radius 2 is 2.04 bits per heavy atom. The number of nitrogens with one attached hydrogen (secondary N) is 1. The highest BCUT2D eigenvalue weighted by Gasteiger charge is 2.30. The van der Waals surface area contributed by atoms with Gasteiger partial charge >= 0.3 is 6.18 Å². The molecule has 0 unspecified atom stereocenters. The highest BCUT2D eigenvalue weighted by molar-refractivity contribution is 5.92. The van der Waals surface area contributed by atoms with Gasteiger partial charge in [-0.3, -0.25) is 4.79 Å². The van der Waals surface area contributed by atoms with Crippen LogP contribution in [0.25, 0.3) is 0 Å². The Balaban J connectivity index is 1.99. The fourth-order valence-electron chi connectivity index (χ4n) is 1.82. The third-order valence-corrected chi connectivity index (χ3v) is 3.18. The molecule has 2 rings (SSSR count). The molecule has 0 aliphatic carbocycles. The van der Waals surface area contributed by atoms with E-state index in [0.717, 1.165) is 12.1 Å². The van der Waals surface area contributed by atoms with Gasteiger partial charge in [0.2, 0.25) is 0 Å². The first-order valence-electron chi connectivity index (χ1n) is 7.30. The lowest BCUT2D eigenvalue weighted by molar-refractivity contribution is -0.137. The number of amides is 1. The fraction of sp³-hybridized carbons (Fsp3) is 0.375. The number of aliphatic hydroxyl groups is 1. The van der Waals surface area contributed by atoms with Gasteiger partial charge in [0, 0.05) is 6.07 Å². The molecule has 6 nitrogen and oxygen atoms in total. The Labute approximate surface area is 141 Å². The first kappa shape index (κ1) is 18.8. The van der Waals surface area contributed by atoms with Crippen molar-refractivity contribution < 1.29 is 32.3 Å². The van der Waals surface area contributed by atoms with Gasteiger partial charge in [-0.1, -0.05) is 11.2 Å². The number of halogens is 3. The fourth-order valence-corrected chi connectivity index (χ4v) is 1.82. The second-order valence-corrected chi connectivity index (χ2v) is 5.99.